The molecule has 0 heterocycles. The molecule has 0 aliphatic heterocycles. The third kappa shape index (κ3) is 5.15. The Morgan fingerprint density at radius 1 is 1.14 bits per heavy atom. The maximum absolute atomic E-state index is 12.7. The second kappa shape index (κ2) is 4.60. The molecular weight excluding hydrogens is 333 g/mol. The number of nitrogens with zero attached hydrogens (tertiary/aromatic N) is 1. The normalized spacial score (nSPS) is 18.9. The van der Waals surface area contributed by atoms with Gasteiger partial charge in [-0.05, 0) is 39.8 Å². The minimum Gasteiger partial charge on any atom is -0.591 e. The third-order valence-corrected chi connectivity index (χ3v) is 5.07. The van der Waals surface area contributed by atoms with Crippen LogP contribution in [-0.4, -0.2) is 15.0 Å². The summed E-state index contributed by atoms with van der Waals surface area (Å²) in [6, 6.07) is 2.74. The lowest BCUT2D eigenvalue weighted by atomic mass is 10.1. The van der Waals surface area contributed by atoms with Gasteiger partial charge < -0.3 is 4.55 Å². The molecule has 0 saturated carbocycles. The van der Waals surface area contributed by atoms with Crippen LogP contribution in [0.25, 0.3) is 0 Å². The van der Waals surface area contributed by atoms with Crippen LogP contribution in [0.3, 0.4) is 0 Å². The second-order valence-corrected chi connectivity index (χ2v) is 9.85. The first-order valence-corrected chi connectivity index (χ1v) is 8.88. The number of benzene rings is 1. The third-order valence-electron chi connectivity index (χ3n) is 2.44. The molecule has 0 spiro atoms. The molecule has 0 unspecified atom stereocenters. The molecule has 1 atom stereocenters. The molecule has 9 heteroatoms. The van der Waals surface area contributed by atoms with Crippen molar-refractivity contribution >= 4 is 27.3 Å². The summed E-state index contributed by atoms with van der Waals surface area (Å²) in [5, 5.41) is 0. The number of hydrogen-bond acceptors (Lipinski definition) is 2. The summed E-state index contributed by atoms with van der Waals surface area (Å²) in [6.45, 7) is 6.26. The van der Waals surface area contributed by atoms with E-state index in [0.717, 1.165) is 6.07 Å². The number of rotatable bonds is 3. The molecule has 2 nitrogen and oxygen atoms in total. The molecule has 122 valence electrons. The average Bonchev–Trinajstić information content (AvgIpc) is 2.24. The van der Waals surface area contributed by atoms with Gasteiger partial charge in [0.15, 0.2) is 0 Å². The van der Waals surface area contributed by atoms with Gasteiger partial charge in [-0.3, -0.25) is 0 Å². The van der Waals surface area contributed by atoms with Crippen LogP contribution in [0.5, 0.6) is 0 Å². The van der Waals surface area contributed by atoms with E-state index in [-0.39, 0.29) is 11.3 Å². The van der Waals surface area contributed by atoms with E-state index in [2.05, 4.69) is 4.40 Å². The molecule has 1 aromatic rings. The van der Waals surface area contributed by atoms with Gasteiger partial charge >= 0.3 is 10.2 Å². The lowest BCUT2D eigenvalue weighted by Gasteiger charge is -2.40. The molecule has 0 aliphatic carbocycles. The van der Waals surface area contributed by atoms with Crippen molar-refractivity contribution in [1.82, 2.24) is 0 Å². The Balaban J connectivity index is 3.28. The SMILES string of the molecule is CC(=N[S@@+]([O-])C(C)(C)C)c1cccc(S(F)(F)(F)(F)F)c1. The van der Waals surface area contributed by atoms with Gasteiger partial charge in [-0.25, -0.2) is 0 Å². The molecule has 0 aromatic heterocycles. The Hall–Kier alpha value is -0.800. The lowest BCUT2D eigenvalue weighted by Crippen LogP contribution is -2.26. The molecule has 0 fully saturated rings. The Morgan fingerprint density at radius 3 is 2.10 bits per heavy atom. The van der Waals surface area contributed by atoms with Crippen molar-refractivity contribution in [1.29, 1.82) is 0 Å². The lowest BCUT2D eigenvalue weighted by molar-refractivity contribution is 0.364. The highest BCUT2D eigenvalue weighted by Crippen LogP contribution is 3.02. The van der Waals surface area contributed by atoms with E-state index in [1.54, 1.807) is 20.8 Å². The van der Waals surface area contributed by atoms with E-state index in [1.165, 1.54) is 13.0 Å². The van der Waals surface area contributed by atoms with Crippen molar-refractivity contribution in [2.24, 2.45) is 4.40 Å². The van der Waals surface area contributed by atoms with Gasteiger partial charge in [0.1, 0.15) is 21.0 Å². The molecular formula is C12H16F5NOS2. The van der Waals surface area contributed by atoms with Gasteiger partial charge in [0, 0.05) is 5.56 Å². The molecule has 0 N–H and O–H groups in total. The summed E-state index contributed by atoms with van der Waals surface area (Å²) in [5.74, 6) is 0. The van der Waals surface area contributed by atoms with E-state index in [1.807, 2.05) is 0 Å². The Morgan fingerprint density at radius 2 is 1.67 bits per heavy atom. The monoisotopic (exact) mass is 349 g/mol. The largest absolute Gasteiger partial charge is 0.591 e. The standard InChI is InChI=1S/C12H16F5NOS2/c1-9(18-20(19)12(2,3)4)10-6-5-7-11(8-10)21(13,14,15,16)17/h5-8H,1-4H3/t20-/m0/s1. The summed E-state index contributed by atoms with van der Waals surface area (Å²) in [4.78, 5) is -1.98. The minimum absolute atomic E-state index is 0.00644. The minimum atomic E-state index is -9.73. The van der Waals surface area contributed by atoms with Crippen molar-refractivity contribution in [3.8, 4) is 0 Å². The zero-order valence-corrected chi connectivity index (χ0v) is 13.5. The zero-order chi connectivity index (χ0) is 16.8. The summed E-state index contributed by atoms with van der Waals surface area (Å²) in [5.41, 5.74) is -0.134. The molecule has 1 rings (SSSR count). The first-order chi connectivity index (χ1) is 9.00. The maximum atomic E-state index is 12.7. The fourth-order valence-electron chi connectivity index (χ4n) is 1.28. The molecule has 0 bridgehead atoms. The molecule has 1 aromatic carbocycles. The van der Waals surface area contributed by atoms with Gasteiger partial charge in [0.25, 0.3) is 0 Å². The first kappa shape index (κ1) is 18.2. The van der Waals surface area contributed by atoms with Gasteiger partial charge in [-0.15, -0.1) is 0 Å². The van der Waals surface area contributed by atoms with E-state index in [9.17, 15) is 24.0 Å². The highest BCUT2D eigenvalue weighted by atomic mass is 32.5. The van der Waals surface area contributed by atoms with E-state index in [0.29, 0.717) is 12.1 Å². The molecule has 21 heavy (non-hydrogen) atoms. The predicted molar refractivity (Wildman–Crippen MR) is 77.9 cm³/mol. The average molecular weight is 349 g/mol. The van der Waals surface area contributed by atoms with Crippen LogP contribution in [0.2, 0.25) is 0 Å². The van der Waals surface area contributed by atoms with Crippen molar-refractivity contribution < 1.29 is 24.0 Å². The second-order valence-electron chi connectivity index (χ2n) is 5.54. The quantitative estimate of drug-likeness (QED) is 0.396. The van der Waals surface area contributed by atoms with Gasteiger partial charge in [0.05, 0.1) is 5.71 Å². The van der Waals surface area contributed by atoms with Crippen molar-refractivity contribution in [3.63, 3.8) is 0 Å². The molecule has 0 amide bonds. The van der Waals surface area contributed by atoms with Gasteiger partial charge in [-0.1, -0.05) is 36.0 Å². The molecule has 0 radical (unpaired) electrons. The Labute approximate surface area is 123 Å². The fraction of sp³-hybridized carbons (Fsp3) is 0.417. The topological polar surface area (TPSA) is 35.4 Å². The van der Waals surface area contributed by atoms with Crippen LogP contribution >= 0.6 is 10.2 Å². The smallest absolute Gasteiger partial charge is 0.310 e. The van der Waals surface area contributed by atoms with E-state index >= 15 is 0 Å². The predicted octanol–water partition coefficient (Wildman–Crippen LogP) is 5.62. The highest BCUT2D eigenvalue weighted by molar-refractivity contribution is 8.45. The summed E-state index contributed by atoms with van der Waals surface area (Å²) < 4.78 is 78.6. The van der Waals surface area contributed by atoms with Crippen molar-refractivity contribution in [3.05, 3.63) is 29.8 Å². The van der Waals surface area contributed by atoms with Crippen molar-refractivity contribution in [2.75, 3.05) is 0 Å². The van der Waals surface area contributed by atoms with Gasteiger partial charge in [0.2, 0.25) is 0 Å². The zero-order valence-electron chi connectivity index (χ0n) is 11.9. The summed E-state index contributed by atoms with van der Waals surface area (Å²) in [7, 11) is -9.73. The van der Waals surface area contributed by atoms with Crippen LogP contribution in [-0.2, 0) is 11.4 Å². The summed E-state index contributed by atoms with van der Waals surface area (Å²) in [6.07, 6.45) is 0. The Bertz CT molecular complexity index is 577. The van der Waals surface area contributed by atoms with E-state index in [4.69, 9.17) is 0 Å². The maximum Gasteiger partial charge on any atom is 0.310 e. The van der Waals surface area contributed by atoms with Crippen LogP contribution in [0, 0.1) is 0 Å². The number of hydrogen-bond donors (Lipinski definition) is 0. The Kier molecular flexibility index (Phi) is 3.99. The van der Waals surface area contributed by atoms with Crippen LogP contribution in [0.15, 0.2) is 33.6 Å². The first-order valence-electron chi connectivity index (χ1n) is 5.82. The van der Waals surface area contributed by atoms with Crippen molar-refractivity contribution in [2.45, 2.75) is 37.3 Å². The van der Waals surface area contributed by atoms with Gasteiger partial charge in [-0.2, -0.15) is 0 Å². The highest BCUT2D eigenvalue weighted by Gasteiger charge is 2.65. The summed E-state index contributed by atoms with van der Waals surface area (Å²) >= 11 is -1.69. The van der Waals surface area contributed by atoms with Crippen LogP contribution in [0.1, 0.15) is 33.3 Å². The molecule has 0 aliphatic rings. The van der Waals surface area contributed by atoms with Crippen LogP contribution in [0.4, 0.5) is 19.4 Å². The fourth-order valence-corrected chi connectivity index (χ4v) is 2.59. The molecule has 0 saturated heterocycles. The number of halogens is 5. The van der Waals surface area contributed by atoms with E-state index < -0.39 is 31.2 Å². The van der Waals surface area contributed by atoms with Crippen LogP contribution < -0.4 is 0 Å².